The van der Waals surface area contributed by atoms with Gasteiger partial charge in [0.15, 0.2) is 0 Å². The third kappa shape index (κ3) is 5.63. The van der Waals surface area contributed by atoms with Crippen LogP contribution in [-0.2, 0) is 21.0 Å². The van der Waals surface area contributed by atoms with Gasteiger partial charge in [-0.1, -0.05) is 73.5 Å². The number of hydrogen-bond acceptors (Lipinski definition) is 6. The summed E-state index contributed by atoms with van der Waals surface area (Å²) in [5.74, 6) is 0. The molecule has 3 atom stereocenters. The zero-order valence-electron chi connectivity index (χ0n) is 24.6. The first kappa shape index (κ1) is 29.6. The van der Waals surface area contributed by atoms with Crippen molar-refractivity contribution >= 4 is 15.8 Å². The van der Waals surface area contributed by atoms with Gasteiger partial charge < -0.3 is 24.2 Å². The lowest BCUT2D eigenvalue weighted by molar-refractivity contribution is -0.137. The van der Waals surface area contributed by atoms with Crippen LogP contribution in [0.4, 0.5) is 4.79 Å². The lowest BCUT2D eigenvalue weighted by Crippen LogP contribution is -2.64. The molecule has 2 amide bonds. The van der Waals surface area contributed by atoms with Gasteiger partial charge in [0.05, 0.1) is 46.0 Å². The molecule has 3 fully saturated rings. The normalized spacial score (nSPS) is 25.0. The van der Waals surface area contributed by atoms with Crippen LogP contribution in [-0.4, -0.2) is 74.4 Å². The summed E-state index contributed by atoms with van der Waals surface area (Å²) in [5, 5.41) is 12.4. The Bertz CT molecular complexity index is 1640. The molecule has 1 aliphatic carbocycles. The lowest BCUT2D eigenvalue weighted by atomic mass is 9.66. The number of nitrogens with one attached hydrogen (secondary N) is 1. The van der Waals surface area contributed by atoms with Gasteiger partial charge in [-0.2, -0.15) is 0 Å². The zero-order valence-corrected chi connectivity index (χ0v) is 25.4. The highest BCUT2D eigenvalue weighted by Gasteiger charge is 2.56. The number of likely N-dealkylation sites (tertiary alicyclic amines) is 1. The molecule has 3 aliphatic rings. The average molecular weight is 605 g/mol. The molecule has 1 aromatic heterocycles. The Morgan fingerprint density at radius 2 is 1.72 bits per heavy atom. The van der Waals surface area contributed by atoms with Crippen LogP contribution in [0, 0.1) is 10.2 Å². The Morgan fingerprint density at radius 1 is 1.05 bits per heavy atom. The van der Waals surface area contributed by atoms with E-state index in [1.54, 1.807) is 0 Å². The van der Waals surface area contributed by atoms with Crippen molar-refractivity contribution in [3.63, 3.8) is 0 Å². The van der Waals surface area contributed by atoms with Gasteiger partial charge in [-0.25, -0.2) is 13.8 Å². The van der Waals surface area contributed by atoms with Crippen molar-refractivity contribution in [3.8, 4) is 11.1 Å². The molecule has 2 unspecified atom stereocenters. The van der Waals surface area contributed by atoms with Crippen molar-refractivity contribution in [2.45, 2.75) is 55.2 Å². The van der Waals surface area contributed by atoms with Crippen LogP contribution < -0.4 is 5.56 Å². The predicted octanol–water partition coefficient (Wildman–Crippen LogP) is 4.74. The number of urea groups is 1. The van der Waals surface area contributed by atoms with Crippen molar-refractivity contribution in [1.82, 2.24) is 14.4 Å². The molecular formula is C33H40N4O5S. The fourth-order valence-corrected chi connectivity index (χ4v) is 8.26. The Labute approximate surface area is 253 Å². The monoisotopic (exact) mass is 604 g/mol. The van der Waals surface area contributed by atoms with E-state index < -0.39 is 20.7 Å². The number of aromatic nitrogens is 1. The number of benzene rings is 2. The number of pyridine rings is 1. The number of aliphatic hydroxyl groups is 1. The van der Waals surface area contributed by atoms with Crippen LogP contribution in [0.25, 0.3) is 11.1 Å². The van der Waals surface area contributed by atoms with E-state index >= 15 is 0 Å². The Kier molecular flexibility index (Phi) is 7.95. The molecule has 3 aromatic rings. The predicted molar refractivity (Wildman–Crippen MR) is 165 cm³/mol. The number of carbonyl (C=O) groups is 1. The van der Waals surface area contributed by atoms with E-state index in [0.717, 1.165) is 36.8 Å². The van der Waals surface area contributed by atoms with Gasteiger partial charge in [-0.05, 0) is 30.4 Å². The van der Waals surface area contributed by atoms with E-state index in [-0.39, 0.29) is 29.1 Å². The maximum Gasteiger partial charge on any atom is 0.320 e. The van der Waals surface area contributed by atoms with Crippen LogP contribution in [0.2, 0.25) is 0 Å². The van der Waals surface area contributed by atoms with Crippen molar-refractivity contribution < 1.29 is 18.8 Å². The second-order valence-electron chi connectivity index (χ2n) is 12.4. The second kappa shape index (κ2) is 11.6. The van der Waals surface area contributed by atoms with Crippen LogP contribution in [0.3, 0.4) is 0 Å². The highest BCUT2D eigenvalue weighted by atomic mass is 32.2. The maximum atomic E-state index is 14.0. The van der Waals surface area contributed by atoms with E-state index in [1.807, 2.05) is 70.5 Å². The first-order chi connectivity index (χ1) is 20.6. The van der Waals surface area contributed by atoms with E-state index in [4.69, 9.17) is 9.52 Å². The summed E-state index contributed by atoms with van der Waals surface area (Å²) < 4.78 is 28.7. The van der Waals surface area contributed by atoms with Crippen molar-refractivity contribution in [3.05, 3.63) is 88.8 Å². The minimum Gasteiger partial charge on any atom is -0.387 e. The fraction of sp³-hybridized carbons (Fsp3) is 0.455. The number of rotatable bonds is 5. The summed E-state index contributed by atoms with van der Waals surface area (Å²) in [7, 11) is -3.18. The standard InChI is InChI=1S/C33H40N4O5S/c1-43(34,41)29-21-36(30(38)20-27(29)25-10-4-2-5-11-25)24-33(40)16-17-35(23-32(33)14-8-9-15-32)31(39)37-18-19-42-22-28(37)26-12-6-3-7-13-26/h2-7,10-13,20-21,28,34,40H,8-9,14-19,22-24H2,1H3/t28-,33?,43?/m0/s1. The highest BCUT2D eigenvalue weighted by molar-refractivity contribution is 7.91. The highest BCUT2D eigenvalue weighted by Crippen LogP contribution is 2.52. The maximum absolute atomic E-state index is 14.0. The topological polar surface area (TPSA) is 116 Å². The van der Waals surface area contributed by atoms with Crippen LogP contribution in [0.15, 0.2) is 82.6 Å². The summed E-state index contributed by atoms with van der Waals surface area (Å²) in [6.45, 7) is 2.23. The molecule has 0 radical (unpaired) electrons. The van der Waals surface area contributed by atoms with Crippen molar-refractivity contribution in [1.29, 1.82) is 4.78 Å². The third-order valence-electron chi connectivity index (χ3n) is 9.69. The summed E-state index contributed by atoms with van der Waals surface area (Å²) >= 11 is 0. The molecule has 43 heavy (non-hydrogen) atoms. The molecule has 6 rings (SSSR count). The molecule has 228 valence electrons. The van der Waals surface area contributed by atoms with Crippen LogP contribution >= 0.6 is 0 Å². The molecule has 2 aliphatic heterocycles. The molecule has 0 bridgehead atoms. The summed E-state index contributed by atoms with van der Waals surface area (Å²) in [5.41, 5.74) is 0.114. The SMILES string of the molecule is CS(=N)(=O)c1cn(CC2(O)CCN(C(=O)N3CCOC[C@H]3c3ccccc3)CC23CCCC3)c(=O)cc1-c1ccccc1. The number of piperidine rings is 1. The van der Waals surface area contributed by atoms with Gasteiger partial charge in [0.25, 0.3) is 5.56 Å². The molecule has 10 heteroatoms. The third-order valence-corrected chi connectivity index (χ3v) is 10.9. The smallest absolute Gasteiger partial charge is 0.320 e. The van der Waals surface area contributed by atoms with E-state index in [0.29, 0.717) is 44.8 Å². The Morgan fingerprint density at radius 3 is 2.40 bits per heavy atom. The number of morpholine rings is 1. The minimum atomic E-state index is -3.18. The van der Waals surface area contributed by atoms with Gasteiger partial charge in [-0.3, -0.25) is 4.79 Å². The molecular weight excluding hydrogens is 564 g/mol. The van der Waals surface area contributed by atoms with Gasteiger partial charge in [0.1, 0.15) is 0 Å². The number of ether oxygens (including phenoxy) is 1. The Hall–Kier alpha value is -3.47. The first-order valence-electron chi connectivity index (χ1n) is 15.0. The lowest BCUT2D eigenvalue weighted by Gasteiger charge is -2.53. The van der Waals surface area contributed by atoms with Crippen LogP contribution in [0.5, 0.6) is 0 Å². The summed E-state index contributed by atoms with van der Waals surface area (Å²) in [4.78, 5) is 31.6. The number of nitrogens with zero attached hydrogens (tertiary/aromatic N) is 3. The molecule has 2 aromatic carbocycles. The molecule has 1 saturated carbocycles. The van der Waals surface area contributed by atoms with E-state index in [2.05, 4.69) is 0 Å². The van der Waals surface area contributed by atoms with Crippen LogP contribution in [0.1, 0.15) is 43.7 Å². The number of carbonyl (C=O) groups excluding carboxylic acids is 1. The quantitative estimate of drug-likeness (QED) is 0.437. The summed E-state index contributed by atoms with van der Waals surface area (Å²) in [6.07, 6.45) is 6.58. The average Bonchev–Trinajstić information content (AvgIpc) is 3.49. The first-order valence-corrected chi connectivity index (χ1v) is 17.0. The summed E-state index contributed by atoms with van der Waals surface area (Å²) in [6, 6.07) is 20.4. The van der Waals surface area contributed by atoms with Gasteiger partial charge >= 0.3 is 6.03 Å². The zero-order chi connectivity index (χ0) is 30.2. The van der Waals surface area contributed by atoms with Gasteiger partial charge in [0.2, 0.25) is 0 Å². The van der Waals surface area contributed by atoms with Crippen molar-refractivity contribution in [2.24, 2.45) is 5.41 Å². The largest absolute Gasteiger partial charge is 0.387 e. The van der Waals surface area contributed by atoms with Gasteiger partial charge in [0, 0.05) is 49.1 Å². The molecule has 3 heterocycles. The second-order valence-corrected chi connectivity index (χ2v) is 14.5. The number of amides is 2. The van der Waals surface area contributed by atoms with Crippen molar-refractivity contribution in [2.75, 3.05) is 39.1 Å². The molecule has 2 saturated heterocycles. The van der Waals surface area contributed by atoms with Gasteiger partial charge in [-0.15, -0.1) is 0 Å². The molecule has 2 N–H and O–H groups in total. The Balaban J connectivity index is 1.29. The number of hydrogen-bond donors (Lipinski definition) is 2. The minimum absolute atomic E-state index is 0.0235. The van der Waals surface area contributed by atoms with E-state index in [1.165, 1.54) is 23.1 Å². The van der Waals surface area contributed by atoms with E-state index in [9.17, 15) is 18.9 Å². The molecule has 9 nitrogen and oxygen atoms in total. The fourth-order valence-electron chi connectivity index (χ4n) is 7.34. The molecule has 1 spiro atoms.